The molecule has 4 heterocycles. The van der Waals surface area contributed by atoms with E-state index in [4.69, 9.17) is 16.6 Å². The molecule has 0 bridgehead atoms. The summed E-state index contributed by atoms with van der Waals surface area (Å²) in [5, 5.41) is 2.57. The van der Waals surface area contributed by atoms with Gasteiger partial charge in [0.15, 0.2) is 0 Å². The Morgan fingerprint density at radius 3 is 2.56 bits per heavy atom. The highest BCUT2D eigenvalue weighted by Gasteiger charge is 2.22. The molecule has 0 radical (unpaired) electrons. The first kappa shape index (κ1) is 21.1. The fourth-order valence-electron chi connectivity index (χ4n) is 3.87. The van der Waals surface area contributed by atoms with E-state index in [9.17, 15) is 4.79 Å². The molecule has 1 saturated heterocycles. The zero-order chi connectivity index (χ0) is 21.9. The average molecular weight is 464 g/mol. The van der Waals surface area contributed by atoms with Gasteiger partial charge in [0.25, 0.3) is 5.91 Å². The van der Waals surface area contributed by atoms with E-state index in [0.29, 0.717) is 16.4 Å². The van der Waals surface area contributed by atoms with E-state index >= 15 is 0 Å². The van der Waals surface area contributed by atoms with Crippen LogP contribution in [0.4, 0.5) is 5.69 Å². The highest BCUT2D eigenvalue weighted by molar-refractivity contribution is 7.99. The van der Waals surface area contributed by atoms with Crippen LogP contribution in [0.15, 0.2) is 69.6 Å². The first-order valence-corrected chi connectivity index (χ1v) is 11.9. The summed E-state index contributed by atoms with van der Waals surface area (Å²) < 4.78 is 0. The summed E-state index contributed by atoms with van der Waals surface area (Å²) in [6, 6.07) is 13.5. The second-order valence-corrected chi connectivity index (χ2v) is 9.32. The van der Waals surface area contributed by atoms with Gasteiger partial charge in [-0.1, -0.05) is 54.4 Å². The standard InChI is InChI=1S/C24H22ClN5OS/c25-16-9-10-18(26-14-16)23-17-7-3-4-8-21(17)32-22-15-27-20(13-19(22)28-23)24(31)29-30-11-5-1-2-6-12-30/h3-4,7-10,13-15H,1-2,5-6,11-12H2,(H,29,31). The summed E-state index contributed by atoms with van der Waals surface area (Å²) in [7, 11) is 0. The van der Waals surface area contributed by atoms with Crippen molar-refractivity contribution in [2.24, 2.45) is 4.99 Å². The first-order valence-electron chi connectivity index (χ1n) is 10.7. The lowest BCUT2D eigenvalue weighted by Gasteiger charge is -2.20. The Balaban J connectivity index is 1.51. The summed E-state index contributed by atoms with van der Waals surface area (Å²) in [6.45, 7) is 1.73. The van der Waals surface area contributed by atoms with Gasteiger partial charge < -0.3 is 0 Å². The molecular weight excluding hydrogens is 442 g/mol. The Kier molecular flexibility index (Phi) is 6.21. The number of rotatable bonds is 3. The third-order valence-electron chi connectivity index (χ3n) is 5.51. The van der Waals surface area contributed by atoms with Gasteiger partial charge in [-0.15, -0.1) is 0 Å². The van der Waals surface area contributed by atoms with Gasteiger partial charge in [-0.2, -0.15) is 0 Å². The number of amides is 1. The van der Waals surface area contributed by atoms with Crippen molar-refractivity contribution in [1.82, 2.24) is 20.4 Å². The molecule has 6 nitrogen and oxygen atoms in total. The number of hydrogen-bond donors (Lipinski definition) is 1. The molecular formula is C24H22ClN5OS. The van der Waals surface area contributed by atoms with Crippen LogP contribution in [0.5, 0.6) is 0 Å². The Morgan fingerprint density at radius 2 is 1.78 bits per heavy atom. The van der Waals surface area contributed by atoms with Crippen molar-refractivity contribution in [2.75, 3.05) is 13.1 Å². The molecule has 162 valence electrons. The molecule has 0 spiro atoms. The topological polar surface area (TPSA) is 70.5 Å². The number of nitrogens with one attached hydrogen (secondary N) is 1. The van der Waals surface area contributed by atoms with Gasteiger partial charge in [0, 0.05) is 35.9 Å². The molecule has 8 heteroatoms. The Labute approximate surface area is 196 Å². The lowest BCUT2D eigenvalue weighted by molar-refractivity contribution is 0.0789. The third kappa shape index (κ3) is 4.55. The largest absolute Gasteiger partial charge is 0.284 e. The van der Waals surface area contributed by atoms with E-state index in [1.54, 1.807) is 36.3 Å². The fourth-order valence-corrected chi connectivity index (χ4v) is 4.95. The van der Waals surface area contributed by atoms with Crippen LogP contribution in [0.25, 0.3) is 0 Å². The van der Waals surface area contributed by atoms with Gasteiger partial charge in [-0.25, -0.2) is 15.0 Å². The van der Waals surface area contributed by atoms with E-state index in [2.05, 4.69) is 21.5 Å². The minimum atomic E-state index is -0.206. The van der Waals surface area contributed by atoms with E-state index in [0.717, 1.165) is 52.7 Å². The van der Waals surface area contributed by atoms with Gasteiger partial charge in [0.1, 0.15) is 5.69 Å². The predicted octanol–water partition coefficient (Wildman–Crippen LogP) is 5.28. The number of hydrazine groups is 1. The van der Waals surface area contributed by atoms with Crippen molar-refractivity contribution < 1.29 is 4.79 Å². The smallest absolute Gasteiger partial charge is 0.283 e. The molecule has 32 heavy (non-hydrogen) atoms. The molecule has 3 aromatic rings. The highest BCUT2D eigenvalue weighted by Crippen LogP contribution is 2.40. The van der Waals surface area contributed by atoms with E-state index in [1.165, 1.54) is 12.8 Å². The number of fused-ring (bicyclic) bond motifs is 2. The summed E-state index contributed by atoms with van der Waals surface area (Å²) in [5.74, 6) is -0.206. The van der Waals surface area contributed by atoms with Crippen LogP contribution >= 0.6 is 23.4 Å². The number of carbonyl (C=O) groups excluding carboxylic acids is 1. The van der Waals surface area contributed by atoms with Gasteiger partial charge >= 0.3 is 0 Å². The van der Waals surface area contributed by atoms with Crippen LogP contribution in [-0.2, 0) is 0 Å². The second kappa shape index (κ2) is 9.40. The predicted molar refractivity (Wildman–Crippen MR) is 127 cm³/mol. The lowest BCUT2D eigenvalue weighted by atomic mass is 10.1. The number of carbonyl (C=O) groups is 1. The molecule has 1 fully saturated rings. The minimum absolute atomic E-state index is 0.206. The number of pyridine rings is 2. The third-order valence-corrected chi connectivity index (χ3v) is 6.84. The van der Waals surface area contributed by atoms with Crippen molar-refractivity contribution in [1.29, 1.82) is 0 Å². The maximum Gasteiger partial charge on any atom is 0.284 e. The quantitative estimate of drug-likeness (QED) is 0.447. The minimum Gasteiger partial charge on any atom is -0.283 e. The molecule has 2 aromatic heterocycles. The fraction of sp³-hybridized carbons (Fsp3) is 0.250. The monoisotopic (exact) mass is 463 g/mol. The Morgan fingerprint density at radius 1 is 0.969 bits per heavy atom. The lowest BCUT2D eigenvalue weighted by Crippen LogP contribution is -2.42. The van der Waals surface area contributed by atoms with Crippen LogP contribution in [0.3, 0.4) is 0 Å². The highest BCUT2D eigenvalue weighted by atomic mass is 35.5. The normalized spacial score (nSPS) is 16.2. The van der Waals surface area contributed by atoms with Crippen molar-refractivity contribution >= 4 is 40.7 Å². The molecule has 0 atom stereocenters. The van der Waals surface area contributed by atoms with Crippen molar-refractivity contribution in [3.05, 3.63) is 76.8 Å². The number of halogens is 1. The number of hydrogen-bond acceptors (Lipinski definition) is 6. The Hall–Kier alpha value is -2.74. The summed E-state index contributed by atoms with van der Waals surface area (Å²) in [6.07, 6.45) is 7.95. The van der Waals surface area contributed by atoms with Crippen molar-refractivity contribution in [3.63, 3.8) is 0 Å². The average Bonchev–Trinajstić information content (AvgIpc) is 3.16. The zero-order valence-electron chi connectivity index (χ0n) is 17.4. The number of benzene rings is 1. The molecule has 0 unspecified atom stereocenters. The van der Waals surface area contributed by atoms with Crippen molar-refractivity contribution in [2.45, 2.75) is 35.5 Å². The first-order chi connectivity index (χ1) is 15.7. The number of aliphatic imine (C=N–C) groups is 1. The number of aromatic nitrogens is 2. The summed E-state index contributed by atoms with van der Waals surface area (Å²) in [4.78, 5) is 28.7. The van der Waals surface area contributed by atoms with Crippen LogP contribution in [0.2, 0.25) is 5.02 Å². The van der Waals surface area contributed by atoms with Crippen LogP contribution in [0, 0.1) is 0 Å². The van der Waals surface area contributed by atoms with Crippen LogP contribution in [-0.4, -0.2) is 39.7 Å². The maximum atomic E-state index is 12.9. The maximum absolute atomic E-state index is 12.9. The molecule has 2 aliphatic heterocycles. The molecule has 2 aliphatic rings. The summed E-state index contributed by atoms with van der Waals surface area (Å²) in [5.41, 5.74) is 6.52. The molecule has 1 amide bonds. The summed E-state index contributed by atoms with van der Waals surface area (Å²) >= 11 is 7.64. The molecule has 0 saturated carbocycles. The molecule has 5 rings (SSSR count). The van der Waals surface area contributed by atoms with Gasteiger partial charge in [-0.05, 0) is 37.1 Å². The van der Waals surface area contributed by atoms with E-state index in [-0.39, 0.29) is 5.91 Å². The van der Waals surface area contributed by atoms with Gasteiger partial charge in [0.2, 0.25) is 0 Å². The molecule has 1 N–H and O–H groups in total. The van der Waals surface area contributed by atoms with Crippen LogP contribution < -0.4 is 5.43 Å². The van der Waals surface area contributed by atoms with Crippen molar-refractivity contribution in [3.8, 4) is 0 Å². The second-order valence-electron chi connectivity index (χ2n) is 7.80. The van der Waals surface area contributed by atoms with E-state index in [1.807, 2.05) is 29.3 Å². The van der Waals surface area contributed by atoms with E-state index < -0.39 is 0 Å². The SMILES string of the molecule is O=C(NN1CCCCCC1)c1cc2c(cn1)Sc1ccccc1C(c1ccc(Cl)cn1)=N2. The Bertz CT molecular complexity index is 1170. The molecule has 1 aromatic carbocycles. The number of nitrogens with zero attached hydrogens (tertiary/aromatic N) is 4. The zero-order valence-corrected chi connectivity index (χ0v) is 19.0. The molecule has 0 aliphatic carbocycles. The van der Waals surface area contributed by atoms with Gasteiger partial charge in [0.05, 0.1) is 27.0 Å². The van der Waals surface area contributed by atoms with Crippen LogP contribution in [0.1, 0.15) is 47.4 Å². The van der Waals surface area contributed by atoms with Gasteiger partial charge in [-0.3, -0.25) is 15.2 Å².